The van der Waals surface area contributed by atoms with E-state index < -0.39 is 0 Å². The topological polar surface area (TPSA) is 35.6 Å². The second-order valence-electron chi connectivity index (χ2n) is 6.15. The molecule has 0 radical (unpaired) electrons. The summed E-state index contributed by atoms with van der Waals surface area (Å²) in [5, 5.41) is 5.15. The monoisotopic (exact) mass is 343 g/mol. The Balaban J connectivity index is 1.42. The van der Waals surface area contributed by atoms with Gasteiger partial charge in [0.25, 0.3) is 0 Å². The lowest BCUT2D eigenvalue weighted by Gasteiger charge is -2.38. The van der Waals surface area contributed by atoms with Crippen LogP contribution in [0.25, 0.3) is 0 Å². The summed E-state index contributed by atoms with van der Waals surface area (Å²) in [6.07, 6.45) is 0.915. The lowest BCUT2D eigenvalue weighted by molar-refractivity contribution is -0.125. The highest BCUT2D eigenvalue weighted by molar-refractivity contribution is 7.09. The van der Waals surface area contributed by atoms with E-state index >= 15 is 0 Å². The molecule has 0 unspecified atom stereocenters. The number of para-hydroxylation sites is 1. The highest BCUT2D eigenvalue weighted by Crippen LogP contribution is 2.16. The van der Waals surface area contributed by atoms with Crippen molar-refractivity contribution in [1.82, 2.24) is 10.2 Å². The van der Waals surface area contributed by atoms with Gasteiger partial charge in [0.15, 0.2) is 0 Å². The quantitative estimate of drug-likeness (QED) is 0.876. The molecule has 1 aliphatic rings. The molecule has 1 atom stereocenters. The van der Waals surface area contributed by atoms with Gasteiger partial charge < -0.3 is 10.2 Å². The van der Waals surface area contributed by atoms with Crippen LogP contribution in [-0.4, -0.2) is 49.6 Å². The summed E-state index contributed by atoms with van der Waals surface area (Å²) in [6.45, 7) is 6.52. The minimum Gasteiger partial charge on any atom is -0.369 e. The van der Waals surface area contributed by atoms with Gasteiger partial charge in [-0.1, -0.05) is 24.3 Å². The van der Waals surface area contributed by atoms with Crippen LogP contribution in [0.4, 0.5) is 5.69 Å². The lowest BCUT2D eigenvalue weighted by Crippen LogP contribution is -2.54. The molecule has 4 nitrogen and oxygen atoms in total. The van der Waals surface area contributed by atoms with Gasteiger partial charge in [-0.15, -0.1) is 11.3 Å². The first-order valence-corrected chi connectivity index (χ1v) is 9.46. The van der Waals surface area contributed by atoms with Crippen LogP contribution in [0.2, 0.25) is 0 Å². The normalized spacial score (nSPS) is 16.8. The van der Waals surface area contributed by atoms with Crippen molar-refractivity contribution < 1.29 is 4.79 Å². The number of benzene rings is 1. The van der Waals surface area contributed by atoms with Crippen molar-refractivity contribution in [2.24, 2.45) is 0 Å². The Kier molecular flexibility index (Phi) is 5.88. The van der Waals surface area contributed by atoms with Crippen LogP contribution in [0, 0.1) is 0 Å². The first-order chi connectivity index (χ1) is 11.7. The number of thiophene rings is 1. The van der Waals surface area contributed by atoms with Crippen LogP contribution >= 0.6 is 11.3 Å². The Hall–Kier alpha value is -1.85. The summed E-state index contributed by atoms with van der Waals surface area (Å²) in [6, 6.07) is 14.6. The number of hydrogen-bond donors (Lipinski definition) is 1. The fourth-order valence-corrected chi connectivity index (χ4v) is 3.79. The van der Waals surface area contributed by atoms with E-state index in [4.69, 9.17) is 0 Å². The zero-order valence-electron chi connectivity index (χ0n) is 14.1. The van der Waals surface area contributed by atoms with Crippen molar-refractivity contribution in [3.8, 4) is 0 Å². The molecular weight excluding hydrogens is 318 g/mol. The minimum absolute atomic E-state index is 0.0636. The summed E-state index contributed by atoms with van der Waals surface area (Å²) in [4.78, 5) is 18.3. The number of carbonyl (C=O) groups excluding carboxylic acids is 1. The molecule has 1 aromatic carbocycles. The molecule has 1 saturated heterocycles. The smallest absolute Gasteiger partial charge is 0.237 e. The number of nitrogens with one attached hydrogen (secondary N) is 1. The molecule has 0 saturated carbocycles. The first kappa shape index (κ1) is 17.0. The minimum atomic E-state index is -0.0636. The fourth-order valence-electron chi connectivity index (χ4n) is 3.08. The van der Waals surface area contributed by atoms with E-state index in [1.54, 1.807) is 11.3 Å². The largest absolute Gasteiger partial charge is 0.369 e. The summed E-state index contributed by atoms with van der Waals surface area (Å²) >= 11 is 1.74. The summed E-state index contributed by atoms with van der Waals surface area (Å²) in [5.41, 5.74) is 1.27. The Labute approximate surface area is 148 Å². The summed E-state index contributed by atoms with van der Waals surface area (Å²) in [7, 11) is 0. The molecule has 1 aromatic heterocycles. The number of anilines is 1. The maximum Gasteiger partial charge on any atom is 0.237 e. The molecule has 5 heteroatoms. The third-order valence-electron chi connectivity index (χ3n) is 4.61. The number of amides is 1. The molecule has 24 heavy (non-hydrogen) atoms. The second kappa shape index (κ2) is 8.31. The number of nitrogens with zero attached hydrogens (tertiary/aromatic N) is 2. The van der Waals surface area contributed by atoms with Gasteiger partial charge in [0.1, 0.15) is 0 Å². The van der Waals surface area contributed by atoms with Crippen molar-refractivity contribution in [2.75, 3.05) is 37.6 Å². The van der Waals surface area contributed by atoms with E-state index in [0.717, 1.165) is 32.6 Å². The molecule has 128 valence electrons. The number of hydrogen-bond acceptors (Lipinski definition) is 4. The second-order valence-corrected chi connectivity index (χ2v) is 7.19. The molecule has 0 aliphatic carbocycles. The van der Waals surface area contributed by atoms with Crippen molar-refractivity contribution in [3.05, 3.63) is 52.7 Å². The van der Waals surface area contributed by atoms with E-state index in [2.05, 4.69) is 56.9 Å². The van der Waals surface area contributed by atoms with Crippen molar-refractivity contribution >= 4 is 22.9 Å². The van der Waals surface area contributed by atoms with Crippen LogP contribution in [0.1, 0.15) is 11.8 Å². The van der Waals surface area contributed by atoms with Crippen molar-refractivity contribution in [3.63, 3.8) is 0 Å². The van der Waals surface area contributed by atoms with Crippen molar-refractivity contribution in [1.29, 1.82) is 0 Å². The summed E-state index contributed by atoms with van der Waals surface area (Å²) in [5.74, 6) is 0.139. The molecule has 1 aliphatic heterocycles. The van der Waals surface area contributed by atoms with Gasteiger partial charge in [-0.25, -0.2) is 0 Å². The number of carbonyl (C=O) groups is 1. The Bertz CT molecular complexity index is 621. The van der Waals surface area contributed by atoms with Crippen LogP contribution in [0.5, 0.6) is 0 Å². The number of rotatable bonds is 6. The molecule has 0 bridgehead atoms. The third-order valence-corrected chi connectivity index (χ3v) is 5.55. The standard InChI is InChI=1S/C19H25N3OS/c1-16(19(23)20-10-9-18-8-5-15-24-18)21-11-13-22(14-12-21)17-6-3-2-4-7-17/h2-8,15-16H,9-14H2,1H3,(H,20,23)/t16-/m1/s1. The zero-order valence-corrected chi connectivity index (χ0v) is 15.0. The van der Waals surface area contributed by atoms with Gasteiger partial charge in [-0.05, 0) is 36.9 Å². The summed E-state index contributed by atoms with van der Waals surface area (Å²) < 4.78 is 0. The van der Waals surface area contributed by atoms with Gasteiger partial charge in [0.2, 0.25) is 5.91 Å². The molecule has 1 fully saturated rings. The maximum absolute atomic E-state index is 12.4. The molecule has 2 aromatic rings. The van der Waals surface area contributed by atoms with Gasteiger partial charge in [0.05, 0.1) is 6.04 Å². The molecular formula is C19H25N3OS. The van der Waals surface area contributed by atoms with Crippen LogP contribution < -0.4 is 10.2 Å². The van der Waals surface area contributed by atoms with Gasteiger partial charge in [0, 0.05) is 43.3 Å². The predicted molar refractivity (Wildman–Crippen MR) is 101 cm³/mol. The SMILES string of the molecule is C[C@H](C(=O)NCCc1cccs1)N1CCN(c2ccccc2)CC1. The van der Waals surface area contributed by atoms with E-state index in [1.807, 2.05) is 13.0 Å². The van der Waals surface area contributed by atoms with E-state index in [1.165, 1.54) is 10.6 Å². The van der Waals surface area contributed by atoms with Crippen LogP contribution in [-0.2, 0) is 11.2 Å². The van der Waals surface area contributed by atoms with E-state index in [0.29, 0.717) is 6.54 Å². The van der Waals surface area contributed by atoms with Gasteiger partial charge >= 0.3 is 0 Å². The van der Waals surface area contributed by atoms with Crippen LogP contribution in [0.15, 0.2) is 47.8 Å². The van der Waals surface area contributed by atoms with E-state index in [-0.39, 0.29) is 11.9 Å². The molecule has 3 rings (SSSR count). The number of piperazine rings is 1. The molecule has 0 spiro atoms. The average molecular weight is 343 g/mol. The Morgan fingerprint density at radius 2 is 1.88 bits per heavy atom. The Morgan fingerprint density at radius 1 is 1.12 bits per heavy atom. The van der Waals surface area contributed by atoms with Gasteiger partial charge in [-0.3, -0.25) is 9.69 Å². The lowest BCUT2D eigenvalue weighted by atomic mass is 10.2. The zero-order chi connectivity index (χ0) is 16.8. The van der Waals surface area contributed by atoms with Crippen molar-refractivity contribution in [2.45, 2.75) is 19.4 Å². The molecule has 2 heterocycles. The highest BCUT2D eigenvalue weighted by atomic mass is 32.1. The predicted octanol–water partition coefficient (Wildman–Crippen LogP) is 2.62. The average Bonchev–Trinajstić information content (AvgIpc) is 3.15. The maximum atomic E-state index is 12.4. The van der Waals surface area contributed by atoms with E-state index in [9.17, 15) is 4.79 Å². The first-order valence-electron chi connectivity index (χ1n) is 8.58. The fraction of sp³-hybridized carbons (Fsp3) is 0.421. The molecule has 1 N–H and O–H groups in total. The third kappa shape index (κ3) is 4.36. The van der Waals surface area contributed by atoms with Crippen LogP contribution in [0.3, 0.4) is 0 Å². The Morgan fingerprint density at radius 3 is 2.54 bits per heavy atom. The highest BCUT2D eigenvalue weighted by Gasteiger charge is 2.25. The van der Waals surface area contributed by atoms with Gasteiger partial charge in [-0.2, -0.15) is 0 Å². The molecule has 1 amide bonds.